The van der Waals surface area contributed by atoms with Crippen LogP contribution < -0.4 is 10.1 Å². The fourth-order valence-electron chi connectivity index (χ4n) is 2.78. The molecule has 1 heterocycles. The van der Waals surface area contributed by atoms with Gasteiger partial charge in [0.15, 0.2) is 11.5 Å². The SMILES string of the molecule is COc1cccc(CNCC2CCN(C(C)C)C2)c1O. The zero-order chi connectivity index (χ0) is 14.5. The van der Waals surface area contributed by atoms with Crippen molar-refractivity contribution >= 4 is 0 Å². The summed E-state index contributed by atoms with van der Waals surface area (Å²) >= 11 is 0. The van der Waals surface area contributed by atoms with Gasteiger partial charge in [0.05, 0.1) is 7.11 Å². The molecule has 1 aromatic rings. The van der Waals surface area contributed by atoms with Gasteiger partial charge in [-0.3, -0.25) is 0 Å². The van der Waals surface area contributed by atoms with E-state index in [0.29, 0.717) is 24.3 Å². The van der Waals surface area contributed by atoms with Crippen molar-refractivity contribution in [1.29, 1.82) is 0 Å². The van der Waals surface area contributed by atoms with Crippen molar-refractivity contribution in [2.45, 2.75) is 32.9 Å². The average molecular weight is 278 g/mol. The summed E-state index contributed by atoms with van der Waals surface area (Å²) in [6.07, 6.45) is 1.26. The number of aromatic hydroxyl groups is 1. The number of hydrogen-bond donors (Lipinski definition) is 2. The Balaban J connectivity index is 1.79. The smallest absolute Gasteiger partial charge is 0.162 e. The van der Waals surface area contributed by atoms with Crippen LogP contribution in [-0.4, -0.2) is 42.8 Å². The molecule has 0 radical (unpaired) electrons. The van der Waals surface area contributed by atoms with Gasteiger partial charge in [-0.2, -0.15) is 0 Å². The first-order valence-electron chi connectivity index (χ1n) is 7.41. The van der Waals surface area contributed by atoms with E-state index in [2.05, 4.69) is 24.1 Å². The molecule has 0 saturated carbocycles. The molecule has 0 bridgehead atoms. The third-order valence-corrected chi connectivity index (χ3v) is 4.10. The van der Waals surface area contributed by atoms with Gasteiger partial charge in [0.2, 0.25) is 0 Å². The van der Waals surface area contributed by atoms with Crippen LogP contribution in [-0.2, 0) is 6.54 Å². The molecule has 0 aromatic heterocycles. The van der Waals surface area contributed by atoms with E-state index in [4.69, 9.17) is 4.74 Å². The van der Waals surface area contributed by atoms with Crippen LogP contribution in [0.2, 0.25) is 0 Å². The third kappa shape index (κ3) is 3.64. The maximum Gasteiger partial charge on any atom is 0.162 e. The molecule has 1 aromatic carbocycles. The Kier molecular flexibility index (Phi) is 5.26. The predicted molar refractivity (Wildman–Crippen MR) is 81.2 cm³/mol. The first-order chi connectivity index (χ1) is 9.61. The summed E-state index contributed by atoms with van der Waals surface area (Å²) in [5.41, 5.74) is 0.892. The van der Waals surface area contributed by atoms with Gasteiger partial charge >= 0.3 is 0 Å². The zero-order valence-electron chi connectivity index (χ0n) is 12.7. The van der Waals surface area contributed by atoms with E-state index < -0.39 is 0 Å². The minimum Gasteiger partial charge on any atom is -0.504 e. The molecule has 1 unspecified atom stereocenters. The molecule has 0 aliphatic carbocycles. The van der Waals surface area contributed by atoms with Gasteiger partial charge in [0, 0.05) is 24.7 Å². The molecule has 20 heavy (non-hydrogen) atoms. The fraction of sp³-hybridized carbons (Fsp3) is 0.625. The van der Waals surface area contributed by atoms with Crippen molar-refractivity contribution in [3.63, 3.8) is 0 Å². The van der Waals surface area contributed by atoms with Gasteiger partial charge in [-0.1, -0.05) is 12.1 Å². The molecule has 4 heteroatoms. The Morgan fingerprint density at radius 2 is 2.25 bits per heavy atom. The molecule has 1 atom stereocenters. The van der Waals surface area contributed by atoms with Crippen LogP contribution >= 0.6 is 0 Å². The van der Waals surface area contributed by atoms with E-state index in [0.717, 1.165) is 12.1 Å². The van der Waals surface area contributed by atoms with Crippen LogP contribution in [0.4, 0.5) is 0 Å². The van der Waals surface area contributed by atoms with Crippen molar-refractivity contribution < 1.29 is 9.84 Å². The number of likely N-dealkylation sites (tertiary alicyclic amines) is 1. The molecule has 2 rings (SSSR count). The minimum atomic E-state index is 0.248. The molecule has 4 nitrogen and oxygen atoms in total. The number of methoxy groups -OCH3 is 1. The van der Waals surface area contributed by atoms with Crippen LogP contribution in [0.5, 0.6) is 11.5 Å². The summed E-state index contributed by atoms with van der Waals surface area (Å²) in [6, 6.07) is 6.25. The number of benzene rings is 1. The lowest BCUT2D eigenvalue weighted by Crippen LogP contribution is -2.30. The van der Waals surface area contributed by atoms with Crippen LogP contribution in [0.15, 0.2) is 18.2 Å². The first-order valence-corrected chi connectivity index (χ1v) is 7.41. The summed E-state index contributed by atoms with van der Waals surface area (Å²) in [4.78, 5) is 2.52. The van der Waals surface area contributed by atoms with Crippen LogP contribution in [0.1, 0.15) is 25.8 Å². The highest BCUT2D eigenvalue weighted by Gasteiger charge is 2.23. The van der Waals surface area contributed by atoms with Crippen LogP contribution in [0, 0.1) is 5.92 Å². The summed E-state index contributed by atoms with van der Waals surface area (Å²) in [5, 5.41) is 13.5. The molecular formula is C16H26N2O2. The number of phenolic OH excluding ortho intramolecular Hbond substituents is 1. The number of ether oxygens (including phenoxy) is 1. The number of para-hydroxylation sites is 1. The second-order valence-electron chi connectivity index (χ2n) is 5.84. The number of rotatable bonds is 6. The van der Waals surface area contributed by atoms with Gasteiger partial charge in [0.1, 0.15) is 0 Å². The second-order valence-corrected chi connectivity index (χ2v) is 5.84. The lowest BCUT2D eigenvalue weighted by atomic mass is 10.1. The monoisotopic (exact) mass is 278 g/mol. The highest BCUT2D eigenvalue weighted by molar-refractivity contribution is 5.45. The Morgan fingerprint density at radius 1 is 1.45 bits per heavy atom. The quantitative estimate of drug-likeness (QED) is 0.837. The zero-order valence-corrected chi connectivity index (χ0v) is 12.7. The Hall–Kier alpha value is -1.26. The van der Waals surface area contributed by atoms with Gasteiger partial charge in [-0.05, 0) is 45.3 Å². The number of nitrogens with one attached hydrogen (secondary N) is 1. The molecule has 0 amide bonds. The topological polar surface area (TPSA) is 44.7 Å². The van der Waals surface area contributed by atoms with Gasteiger partial charge in [-0.15, -0.1) is 0 Å². The van der Waals surface area contributed by atoms with E-state index in [1.165, 1.54) is 19.5 Å². The van der Waals surface area contributed by atoms with Gasteiger partial charge in [0.25, 0.3) is 0 Å². The largest absolute Gasteiger partial charge is 0.504 e. The number of nitrogens with zero attached hydrogens (tertiary/aromatic N) is 1. The lowest BCUT2D eigenvalue weighted by molar-refractivity contribution is 0.264. The van der Waals surface area contributed by atoms with E-state index in [1.54, 1.807) is 13.2 Å². The third-order valence-electron chi connectivity index (χ3n) is 4.10. The molecule has 2 N–H and O–H groups in total. The van der Waals surface area contributed by atoms with Crippen molar-refractivity contribution in [1.82, 2.24) is 10.2 Å². The Bertz CT molecular complexity index is 434. The summed E-state index contributed by atoms with van der Waals surface area (Å²) < 4.78 is 5.12. The summed E-state index contributed by atoms with van der Waals surface area (Å²) in [5.74, 6) is 1.50. The van der Waals surface area contributed by atoms with Crippen molar-refractivity contribution in [3.8, 4) is 11.5 Å². The normalized spacial score (nSPS) is 19.7. The minimum absolute atomic E-state index is 0.248. The first kappa shape index (κ1) is 15.1. The standard InChI is InChI=1S/C16H26N2O2/c1-12(2)18-8-7-13(11-18)9-17-10-14-5-4-6-15(20-3)16(14)19/h4-6,12-13,17,19H,7-11H2,1-3H3. The molecule has 1 saturated heterocycles. The highest BCUT2D eigenvalue weighted by atomic mass is 16.5. The lowest BCUT2D eigenvalue weighted by Gasteiger charge is -2.20. The molecular weight excluding hydrogens is 252 g/mol. The molecule has 1 fully saturated rings. The van der Waals surface area contributed by atoms with Crippen molar-refractivity contribution in [3.05, 3.63) is 23.8 Å². The average Bonchev–Trinajstić information content (AvgIpc) is 2.90. The molecule has 112 valence electrons. The maximum atomic E-state index is 10.0. The van der Waals surface area contributed by atoms with E-state index in [-0.39, 0.29) is 5.75 Å². The Labute approximate surface area is 121 Å². The number of phenols is 1. The maximum absolute atomic E-state index is 10.0. The van der Waals surface area contributed by atoms with E-state index >= 15 is 0 Å². The fourth-order valence-corrected chi connectivity index (χ4v) is 2.78. The summed E-state index contributed by atoms with van der Waals surface area (Å²) in [7, 11) is 1.57. The second kappa shape index (κ2) is 6.95. The van der Waals surface area contributed by atoms with E-state index in [1.807, 2.05) is 12.1 Å². The van der Waals surface area contributed by atoms with Gasteiger partial charge < -0.3 is 20.1 Å². The van der Waals surface area contributed by atoms with Crippen molar-refractivity contribution in [2.75, 3.05) is 26.7 Å². The number of hydrogen-bond acceptors (Lipinski definition) is 4. The van der Waals surface area contributed by atoms with Crippen LogP contribution in [0.25, 0.3) is 0 Å². The molecule has 0 spiro atoms. The van der Waals surface area contributed by atoms with E-state index in [9.17, 15) is 5.11 Å². The van der Waals surface area contributed by atoms with Crippen LogP contribution in [0.3, 0.4) is 0 Å². The molecule has 1 aliphatic heterocycles. The van der Waals surface area contributed by atoms with Gasteiger partial charge in [-0.25, -0.2) is 0 Å². The molecule has 1 aliphatic rings. The summed E-state index contributed by atoms with van der Waals surface area (Å²) in [6.45, 7) is 8.57. The van der Waals surface area contributed by atoms with Crippen molar-refractivity contribution in [2.24, 2.45) is 5.92 Å². The highest BCUT2D eigenvalue weighted by Crippen LogP contribution is 2.29. The Morgan fingerprint density at radius 3 is 2.90 bits per heavy atom. The predicted octanol–water partition coefficient (Wildman–Crippen LogP) is 2.22.